The summed E-state index contributed by atoms with van der Waals surface area (Å²) < 4.78 is 56.6. The summed E-state index contributed by atoms with van der Waals surface area (Å²) in [6, 6.07) is 8.61. The van der Waals surface area contributed by atoms with E-state index in [1.54, 1.807) is 0 Å². The average molecular weight is 521 g/mol. The summed E-state index contributed by atoms with van der Waals surface area (Å²) in [5, 5.41) is 0. The zero-order chi connectivity index (χ0) is 19.4. The number of benzene rings is 1. The fourth-order valence-corrected chi connectivity index (χ4v) is 8.40. The van der Waals surface area contributed by atoms with Gasteiger partial charge in [0.1, 0.15) is 0 Å². The highest BCUT2D eigenvalue weighted by Gasteiger charge is 2.55. The molecule has 2 rings (SSSR count). The lowest BCUT2D eigenvalue weighted by Crippen LogP contribution is -3.65. The maximum Gasteiger partial charge on any atom is 0.319 e. The van der Waals surface area contributed by atoms with E-state index in [4.69, 9.17) is 0 Å². The van der Waals surface area contributed by atoms with E-state index < -0.39 is 23.4 Å². The maximum atomic E-state index is 13.8. The lowest BCUT2D eigenvalue weighted by atomic mass is 9.87. The topological polar surface area (TPSA) is 0 Å². The van der Waals surface area contributed by atoms with Crippen LogP contribution in [0.25, 0.3) is 0 Å². The molecule has 0 radical (unpaired) electrons. The molecule has 1 heterocycles. The third-order valence-electron chi connectivity index (χ3n) is 4.20. The van der Waals surface area contributed by atoms with Crippen LogP contribution in [0.15, 0.2) is 24.3 Å². The standard InChI is InChI=1S/C19H26F4IS2/c1-17(2,3)14-6-8-15(9-7-14)24-16-5-4-10-25-12-18(20,21)19(22,23)13-26-11-16/h6-9,16H,4-5,10-13H2,1-3H3/q+1. The van der Waals surface area contributed by atoms with Crippen LogP contribution >= 0.6 is 23.5 Å². The minimum atomic E-state index is -3.92. The molecule has 0 saturated carbocycles. The van der Waals surface area contributed by atoms with Crippen LogP contribution in [-0.4, -0.2) is 38.8 Å². The summed E-state index contributed by atoms with van der Waals surface area (Å²) in [7, 11) is 0. The van der Waals surface area contributed by atoms with E-state index >= 15 is 0 Å². The van der Waals surface area contributed by atoms with Crippen LogP contribution in [-0.2, 0) is 5.41 Å². The van der Waals surface area contributed by atoms with Crippen LogP contribution < -0.4 is 21.2 Å². The van der Waals surface area contributed by atoms with E-state index in [1.807, 2.05) is 0 Å². The molecule has 1 aliphatic rings. The molecule has 0 N–H and O–H groups in total. The molecule has 26 heavy (non-hydrogen) atoms. The van der Waals surface area contributed by atoms with Crippen molar-refractivity contribution in [1.82, 2.24) is 0 Å². The molecular formula is C19H26F4IS2+. The van der Waals surface area contributed by atoms with Gasteiger partial charge in [-0.25, -0.2) is 0 Å². The predicted molar refractivity (Wildman–Crippen MR) is 101 cm³/mol. The number of rotatable bonds is 2. The summed E-state index contributed by atoms with van der Waals surface area (Å²) in [4.78, 5) is 0. The Labute approximate surface area is 172 Å². The van der Waals surface area contributed by atoms with Gasteiger partial charge in [0, 0.05) is 5.75 Å². The Hall–Kier alpha value is 0.370. The zero-order valence-electron chi connectivity index (χ0n) is 15.3. The number of hydrogen-bond donors (Lipinski definition) is 0. The van der Waals surface area contributed by atoms with Crippen molar-refractivity contribution >= 4 is 23.5 Å². The first-order valence-corrected chi connectivity index (χ1v) is 13.3. The van der Waals surface area contributed by atoms with Gasteiger partial charge in [-0.2, -0.15) is 41.1 Å². The highest BCUT2D eigenvalue weighted by atomic mass is 127. The Balaban J connectivity index is 2.00. The lowest BCUT2D eigenvalue weighted by Gasteiger charge is -2.25. The molecule has 0 aromatic heterocycles. The van der Waals surface area contributed by atoms with E-state index in [1.165, 1.54) is 9.13 Å². The molecular weight excluding hydrogens is 495 g/mol. The average Bonchev–Trinajstić information content (AvgIpc) is 2.54. The molecule has 1 aromatic carbocycles. The first kappa shape index (κ1) is 22.7. The third-order valence-corrected chi connectivity index (χ3v) is 10.5. The van der Waals surface area contributed by atoms with Gasteiger partial charge in [-0.3, -0.25) is 0 Å². The number of thioether (sulfide) groups is 2. The van der Waals surface area contributed by atoms with Gasteiger partial charge < -0.3 is 0 Å². The normalized spacial score (nSPS) is 24.7. The van der Waals surface area contributed by atoms with E-state index in [0.717, 1.165) is 36.4 Å². The molecule has 1 saturated heterocycles. The number of halogens is 5. The largest absolute Gasteiger partial charge is 0.319 e. The summed E-state index contributed by atoms with van der Waals surface area (Å²) in [5.74, 6) is -8.34. The molecule has 148 valence electrons. The smallest absolute Gasteiger partial charge is 0.199 e. The fraction of sp³-hybridized carbons (Fsp3) is 0.684. The first-order chi connectivity index (χ1) is 12.0. The Bertz CT molecular complexity index is 570. The van der Waals surface area contributed by atoms with Crippen LogP contribution in [0.1, 0.15) is 39.2 Å². The maximum absolute atomic E-state index is 13.8. The number of hydrogen-bond acceptors (Lipinski definition) is 2. The molecule has 0 amide bonds. The Morgan fingerprint density at radius 2 is 1.54 bits per heavy atom. The van der Waals surface area contributed by atoms with Gasteiger partial charge in [0.05, 0.1) is 11.5 Å². The van der Waals surface area contributed by atoms with Crippen molar-refractivity contribution in [2.24, 2.45) is 0 Å². The minimum Gasteiger partial charge on any atom is -0.199 e. The van der Waals surface area contributed by atoms with Gasteiger partial charge >= 0.3 is 33.1 Å². The second-order valence-corrected chi connectivity index (χ2v) is 13.3. The minimum absolute atomic E-state index is 0.107. The quantitative estimate of drug-likeness (QED) is 0.334. The van der Waals surface area contributed by atoms with Gasteiger partial charge in [0.2, 0.25) is 0 Å². The second-order valence-electron chi connectivity index (χ2n) is 7.58. The van der Waals surface area contributed by atoms with Gasteiger partial charge in [0.15, 0.2) is 7.49 Å². The zero-order valence-corrected chi connectivity index (χ0v) is 19.1. The predicted octanol–water partition coefficient (Wildman–Crippen LogP) is 3.14. The van der Waals surface area contributed by atoms with Gasteiger partial charge in [-0.15, -0.1) is 0 Å². The third kappa shape index (κ3) is 6.47. The van der Waals surface area contributed by atoms with Crippen LogP contribution in [0.2, 0.25) is 0 Å². The summed E-state index contributed by atoms with van der Waals surface area (Å²) in [6.45, 7) is 6.52. The highest BCUT2D eigenvalue weighted by Crippen LogP contribution is 2.39. The Kier molecular flexibility index (Phi) is 8.06. The monoisotopic (exact) mass is 521 g/mol. The van der Waals surface area contributed by atoms with Crippen LogP contribution in [0.5, 0.6) is 0 Å². The van der Waals surface area contributed by atoms with Crippen LogP contribution in [0.3, 0.4) is 0 Å². The molecule has 0 spiro atoms. The van der Waals surface area contributed by atoms with E-state index in [9.17, 15) is 17.6 Å². The molecule has 1 unspecified atom stereocenters. The van der Waals surface area contributed by atoms with Crippen LogP contribution in [0.4, 0.5) is 17.6 Å². The molecule has 1 atom stereocenters. The van der Waals surface area contributed by atoms with Gasteiger partial charge in [0.25, 0.3) is 0 Å². The number of alkyl halides is 5. The lowest BCUT2D eigenvalue weighted by molar-refractivity contribution is -0.659. The SMILES string of the molecule is CC(C)(C)c1ccc([I+]C2CCCSCC(F)(F)C(F)(F)CSC2)cc1. The second kappa shape index (κ2) is 9.25. The molecule has 0 aliphatic carbocycles. The van der Waals surface area contributed by atoms with Crippen molar-refractivity contribution in [3.05, 3.63) is 33.4 Å². The summed E-state index contributed by atoms with van der Waals surface area (Å²) >= 11 is 1.63. The highest BCUT2D eigenvalue weighted by molar-refractivity contribution is 7.99. The van der Waals surface area contributed by atoms with Crippen molar-refractivity contribution in [3.63, 3.8) is 0 Å². The molecule has 0 nitrogen and oxygen atoms in total. The van der Waals surface area contributed by atoms with E-state index in [0.29, 0.717) is 15.4 Å². The van der Waals surface area contributed by atoms with Crippen molar-refractivity contribution in [2.75, 3.05) is 23.0 Å². The van der Waals surface area contributed by atoms with E-state index in [-0.39, 0.29) is 26.6 Å². The summed E-state index contributed by atoms with van der Waals surface area (Å²) in [5.41, 5.74) is 1.38. The van der Waals surface area contributed by atoms with Crippen molar-refractivity contribution in [3.8, 4) is 0 Å². The van der Waals surface area contributed by atoms with Crippen molar-refractivity contribution in [2.45, 2.75) is 54.8 Å². The molecule has 7 heteroatoms. The first-order valence-electron chi connectivity index (χ1n) is 8.66. The molecule has 0 bridgehead atoms. The Morgan fingerprint density at radius 1 is 0.962 bits per heavy atom. The molecule has 1 aliphatic heterocycles. The Morgan fingerprint density at radius 3 is 2.12 bits per heavy atom. The van der Waals surface area contributed by atoms with E-state index in [2.05, 4.69) is 45.0 Å². The van der Waals surface area contributed by atoms with Gasteiger partial charge in [-0.1, -0.05) is 32.9 Å². The van der Waals surface area contributed by atoms with Crippen molar-refractivity contribution < 1.29 is 38.8 Å². The van der Waals surface area contributed by atoms with Crippen molar-refractivity contribution in [1.29, 1.82) is 0 Å². The van der Waals surface area contributed by atoms with Crippen LogP contribution in [0, 0.1) is 3.57 Å². The fourth-order valence-electron chi connectivity index (χ4n) is 2.50. The summed E-state index contributed by atoms with van der Waals surface area (Å²) in [6.07, 6.45) is 1.75. The van der Waals surface area contributed by atoms with Gasteiger partial charge in [-0.05, 0) is 41.7 Å². The molecule has 1 fully saturated rings. The molecule has 1 aromatic rings.